The van der Waals surface area contributed by atoms with Crippen LogP contribution in [0.2, 0.25) is 15.2 Å². The third kappa shape index (κ3) is 4.44. The fourth-order valence-electron chi connectivity index (χ4n) is 2.34. The molecule has 0 aliphatic rings. The Hall–Kier alpha value is -1.64. The number of benzene rings is 1. The molecule has 1 aromatic heterocycles. The van der Waals surface area contributed by atoms with Crippen LogP contribution in [0.1, 0.15) is 12.6 Å². The van der Waals surface area contributed by atoms with Crippen molar-refractivity contribution in [1.29, 1.82) is 0 Å². The van der Waals surface area contributed by atoms with Gasteiger partial charge in [-0.3, -0.25) is 0 Å². The van der Waals surface area contributed by atoms with Gasteiger partial charge in [-0.25, -0.2) is 9.18 Å². The van der Waals surface area contributed by atoms with E-state index in [0.29, 0.717) is 4.57 Å². The van der Waals surface area contributed by atoms with Gasteiger partial charge in [0.25, 0.3) is 0 Å². The molecular weight excluding hydrogens is 437 g/mol. The summed E-state index contributed by atoms with van der Waals surface area (Å²) in [5.41, 5.74) is -1.96. The highest BCUT2D eigenvalue weighted by Gasteiger charge is 2.40. The van der Waals surface area contributed by atoms with Gasteiger partial charge in [-0.05, 0) is 19.1 Å². The lowest BCUT2D eigenvalue weighted by atomic mass is 10.1. The third-order valence-corrected chi connectivity index (χ3v) is 4.58. The van der Waals surface area contributed by atoms with Crippen molar-refractivity contribution in [2.45, 2.75) is 13.1 Å². The summed E-state index contributed by atoms with van der Waals surface area (Å²) in [7, 11) is 1.05. The first-order chi connectivity index (χ1) is 12.5. The average molecular weight is 449 g/mol. The molecule has 0 N–H and O–H groups in total. The van der Waals surface area contributed by atoms with E-state index in [2.05, 4.69) is 4.74 Å². The molecule has 0 bridgehead atoms. The molecule has 1 aromatic carbocycles. The average Bonchev–Trinajstić information content (AvgIpc) is 2.77. The molecule has 0 fully saturated rings. The van der Waals surface area contributed by atoms with Gasteiger partial charge in [0.1, 0.15) is 22.4 Å². The Morgan fingerprint density at radius 1 is 1.22 bits per heavy atom. The molecule has 148 valence electrons. The molecule has 27 heavy (non-hydrogen) atoms. The van der Waals surface area contributed by atoms with E-state index in [-0.39, 0.29) is 28.5 Å². The topological polar surface area (TPSA) is 40.5 Å². The van der Waals surface area contributed by atoms with E-state index in [4.69, 9.17) is 39.5 Å². The van der Waals surface area contributed by atoms with Gasteiger partial charge in [-0.2, -0.15) is 13.2 Å². The van der Waals surface area contributed by atoms with Crippen LogP contribution < -0.4 is 4.74 Å². The number of carbonyl (C=O) groups excluding carboxylic acids is 1. The van der Waals surface area contributed by atoms with E-state index in [0.717, 1.165) is 19.2 Å². The van der Waals surface area contributed by atoms with Crippen LogP contribution in [0.3, 0.4) is 0 Å². The molecule has 0 unspecified atom stereocenters. The third-order valence-electron chi connectivity index (χ3n) is 3.47. The molecule has 0 saturated carbocycles. The highest BCUT2D eigenvalue weighted by Crippen LogP contribution is 2.47. The molecule has 0 saturated heterocycles. The van der Waals surface area contributed by atoms with Gasteiger partial charge in [0.05, 0.1) is 16.7 Å². The molecule has 11 heteroatoms. The standard InChI is InChI=1S/C16H12Cl3F4NO3/c1-3-26-11(25)6-27-10-4-7(9(20)5-8(10)17)12-13(18)14(16(21,22)23)24(2)15(12)19/h4-5H,3,6H2,1-2H3. The van der Waals surface area contributed by atoms with E-state index in [1.165, 1.54) is 0 Å². The lowest BCUT2D eigenvalue weighted by molar-refractivity contribution is -0.145. The zero-order chi connectivity index (χ0) is 20.5. The summed E-state index contributed by atoms with van der Waals surface area (Å²) in [5, 5.41) is -1.39. The number of alkyl halides is 3. The van der Waals surface area contributed by atoms with E-state index in [9.17, 15) is 22.4 Å². The van der Waals surface area contributed by atoms with Gasteiger partial charge < -0.3 is 14.0 Å². The van der Waals surface area contributed by atoms with Crippen LogP contribution in [0.4, 0.5) is 17.6 Å². The van der Waals surface area contributed by atoms with Gasteiger partial charge in [0, 0.05) is 18.2 Å². The summed E-state index contributed by atoms with van der Waals surface area (Å²) in [4.78, 5) is 11.4. The molecule has 4 nitrogen and oxygen atoms in total. The molecule has 0 aliphatic heterocycles. The smallest absolute Gasteiger partial charge is 0.432 e. The number of rotatable bonds is 5. The number of esters is 1. The van der Waals surface area contributed by atoms with Crippen molar-refractivity contribution in [3.63, 3.8) is 0 Å². The van der Waals surface area contributed by atoms with E-state index in [1.54, 1.807) is 6.92 Å². The molecule has 0 aliphatic carbocycles. The first-order valence-corrected chi connectivity index (χ1v) is 8.51. The maximum atomic E-state index is 14.4. The zero-order valence-corrected chi connectivity index (χ0v) is 16.2. The summed E-state index contributed by atoms with van der Waals surface area (Å²) < 4.78 is 64.4. The van der Waals surface area contributed by atoms with Gasteiger partial charge in [0.2, 0.25) is 0 Å². The Labute approximate surface area is 166 Å². The predicted octanol–water partition coefficient (Wildman–Crippen LogP) is 5.75. The fraction of sp³-hybridized carbons (Fsp3) is 0.312. The highest BCUT2D eigenvalue weighted by molar-refractivity contribution is 6.40. The van der Waals surface area contributed by atoms with Crippen molar-refractivity contribution >= 4 is 40.8 Å². The Morgan fingerprint density at radius 3 is 2.37 bits per heavy atom. The second kappa shape index (κ2) is 8.16. The van der Waals surface area contributed by atoms with Gasteiger partial charge in [-0.15, -0.1) is 0 Å². The maximum Gasteiger partial charge on any atom is 0.432 e. The SMILES string of the molecule is CCOC(=O)COc1cc(-c2c(Cl)c(C(F)(F)F)n(C)c2Cl)c(F)cc1Cl. The second-order valence-electron chi connectivity index (χ2n) is 5.24. The van der Waals surface area contributed by atoms with Crippen molar-refractivity contribution in [3.8, 4) is 16.9 Å². The van der Waals surface area contributed by atoms with Crippen LogP contribution in [0, 0.1) is 5.82 Å². The van der Waals surface area contributed by atoms with E-state index < -0.39 is 40.4 Å². The molecule has 0 spiro atoms. The Balaban J connectivity index is 2.54. The Kier molecular flexibility index (Phi) is 6.55. The lowest BCUT2D eigenvalue weighted by Gasteiger charge is -2.11. The zero-order valence-electron chi connectivity index (χ0n) is 13.9. The summed E-state index contributed by atoms with van der Waals surface area (Å²) in [5.74, 6) is -1.81. The molecule has 0 radical (unpaired) electrons. The van der Waals surface area contributed by atoms with Gasteiger partial charge in [0.15, 0.2) is 6.61 Å². The Morgan fingerprint density at radius 2 is 1.85 bits per heavy atom. The summed E-state index contributed by atoms with van der Waals surface area (Å²) >= 11 is 17.7. The van der Waals surface area contributed by atoms with Crippen LogP contribution in [0.15, 0.2) is 12.1 Å². The predicted molar refractivity (Wildman–Crippen MR) is 93.0 cm³/mol. The van der Waals surface area contributed by atoms with Crippen LogP contribution in [0.25, 0.3) is 11.1 Å². The molecule has 1 heterocycles. The number of carbonyl (C=O) groups is 1. The van der Waals surface area contributed by atoms with Crippen molar-refractivity contribution < 1.29 is 31.8 Å². The Bertz CT molecular complexity index is 881. The number of hydrogen-bond donors (Lipinski definition) is 0. The summed E-state index contributed by atoms with van der Waals surface area (Å²) in [6.45, 7) is 1.20. The van der Waals surface area contributed by atoms with Crippen LogP contribution >= 0.6 is 34.8 Å². The van der Waals surface area contributed by atoms with Crippen molar-refractivity contribution in [1.82, 2.24) is 4.57 Å². The molecular formula is C16H12Cl3F4NO3. The first-order valence-electron chi connectivity index (χ1n) is 7.37. The second-order valence-corrected chi connectivity index (χ2v) is 6.38. The highest BCUT2D eigenvalue weighted by atomic mass is 35.5. The van der Waals surface area contributed by atoms with Gasteiger partial charge in [-0.1, -0.05) is 34.8 Å². The first kappa shape index (κ1) is 21.7. The van der Waals surface area contributed by atoms with Crippen LogP contribution in [0.5, 0.6) is 5.75 Å². The van der Waals surface area contributed by atoms with Crippen molar-refractivity contribution in [3.05, 3.63) is 38.8 Å². The minimum atomic E-state index is -4.81. The number of ether oxygens (including phenoxy) is 2. The normalized spacial score (nSPS) is 11.6. The fourth-order valence-corrected chi connectivity index (χ4v) is 3.30. The maximum absolute atomic E-state index is 14.4. The number of hydrogen-bond acceptors (Lipinski definition) is 3. The molecule has 0 amide bonds. The quantitative estimate of drug-likeness (QED) is 0.432. The summed E-state index contributed by atoms with van der Waals surface area (Å²) in [6, 6.07) is 1.84. The monoisotopic (exact) mass is 447 g/mol. The lowest BCUT2D eigenvalue weighted by Crippen LogP contribution is -2.14. The van der Waals surface area contributed by atoms with Crippen LogP contribution in [-0.2, 0) is 22.8 Å². The minimum absolute atomic E-state index is 0.125. The van der Waals surface area contributed by atoms with Crippen molar-refractivity contribution in [2.75, 3.05) is 13.2 Å². The number of aromatic nitrogens is 1. The number of nitrogens with zero attached hydrogens (tertiary/aromatic N) is 1. The van der Waals surface area contributed by atoms with Gasteiger partial charge >= 0.3 is 12.1 Å². The van der Waals surface area contributed by atoms with Crippen molar-refractivity contribution in [2.24, 2.45) is 7.05 Å². The van der Waals surface area contributed by atoms with Crippen LogP contribution in [-0.4, -0.2) is 23.8 Å². The number of halogens is 7. The molecule has 2 aromatic rings. The molecule has 2 rings (SSSR count). The molecule has 0 atom stereocenters. The van der Waals surface area contributed by atoms with E-state index in [1.807, 2.05) is 0 Å². The minimum Gasteiger partial charge on any atom is -0.480 e. The summed E-state index contributed by atoms with van der Waals surface area (Å²) in [6.07, 6.45) is -4.81. The van der Waals surface area contributed by atoms with E-state index >= 15 is 0 Å². The largest absolute Gasteiger partial charge is 0.480 e.